The van der Waals surface area contributed by atoms with Crippen LogP contribution in [0.25, 0.3) is 0 Å². The maximum atomic E-state index is 13.2. The molecule has 1 aromatic heterocycles. The van der Waals surface area contributed by atoms with Crippen molar-refractivity contribution in [2.75, 3.05) is 11.9 Å². The van der Waals surface area contributed by atoms with Crippen molar-refractivity contribution in [3.05, 3.63) is 46.6 Å². The molecule has 1 aliphatic rings. The average Bonchev–Trinajstić information content (AvgIpc) is 2.38. The lowest BCUT2D eigenvalue weighted by molar-refractivity contribution is 0.624. The van der Waals surface area contributed by atoms with Gasteiger partial charge in [-0.3, -0.25) is 0 Å². The molecule has 2 aromatic rings. The second-order valence-corrected chi connectivity index (χ2v) is 4.67. The minimum absolute atomic E-state index is 0.196. The second-order valence-electron chi connectivity index (χ2n) is 4.33. The van der Waals surface area contributed by atoms with E-state index in [-0.39, 0.29) is 11.1 Å². The average molecular weight is 279 g/mol. The van der Waals surface area contributed by atoms with Crippen LogP contribution in [0, 0.1) is 5.82 Å². The van der Waals surface area contributed by atoms with Crippen LogP contribution in [0.15, 0.2) is 24.3 Å². The zero-order valence-electron chi connectivity index (χ0n) is 10.1. The Morgan fingerprint density at radius 3 is 3.05 bits per heavy atom. The molecule has 0 fully saturated rings. The van der Waals surface area contributed by atoms with Crippen molar-refractivity contribution >= 4 is 23.1 Å². The van der Waals surface area contributed by atoms with Crippen LogP contribution < -0.4 is 10.6 Å². The number of halogens is 2. The third kappa shape index (κ3) is 2.67. The van der Waals surface area contributed by atoms with Crippen LogP contribution in [-0.4, -0.2) is 16.5 Å². The van der Waals surface area contributed by atoms with Gasteiger partial charge in [0, 0.05) is 17.8 Å². The van der Waals surface area contributed by atoms with Crippen molar-refractivity contribution in [2.45, 2.75) is 13.0 Å². The first-order valence-electron chi connectivity index (χ1n) is 6.01. The molecule has 2 N–H and O–H groups in total. The first-order chi connectivity index (χ1) is 9.22. The number of hydrogen-bond acceptors (Lipinski definition) is 4. The molecule has 0 saturated heterocycles. The zero-order valence-corrected chi connectivity index (χ0v) is 10.8. The lowest BCUT2D eigenvalue weighted by Gasteiger charge is -2.19. The van der Waals surface area contributed by atoms with Gasteiger partial charge in [0.05, 0.1) is 5.69 Å². The van der Waals surface area contributed by atoms with Crippen LogP contribution >= 0.6 is 11.6 Å². The van der Waals surface area contributed by atoms with E-state index in [9.17, 15) is 4.39 Å². The minimum atomic E-state index is -0.291. The number of nitrogens with zero attached hydrogens (tertiary/aromatic N) is 2. The van der Waals surface area contributed by atoms with Crippen LogP contribution in [0.1, 0.15) is 11.3 Å². The standard InChI is InChI=1S/C13H12ClFN4/c14-13-18-11-7-16-5-4-10(11)12(19-13)17-9-3-1-2-8(15)6-9/h1-3,6,16H,4-5,7H2,(H,17,18,19). The summed E-state index contributed by atoms with van der Waals surface area (Å²) in [5.41, 5.74) is 2.58. The summed E-state index contributed by atoms with van der Waals surface area (Å²) in [6, 6.07) is 6.25. The molecule has 0 bridgehead atoms. The summed E-state index contributed by atoms with van der Waals surface area (Å²) in [7, 11) is 0. The van der Waals surface area contributed by atoms with Gasteiger partial charge in [0.25, 0.3) is 0 Å². The topological polar surface area (TPSA) is 49.8 Å². The van der Waals surface area contributed by atoms with Crippen molar-refractivity contribution in [3.8, 4) is 0 Å². The number of aromatic nitrogens is 2. The van der Waals surface area contributed by atoms with Crippen molar-refractivity contribution in [2.24, 2.45) is 0 Å². The van der Waals surface area contributed by atoms with Crippen molar-refractivity contribution in [1.82, 2.24) is 15.3 Å². The molecule has 0 radical (unpaired) electrons. The number of nitrogens with one attached hydrogen (secondary N) is 2. The Morgan fingerprint density at radius 2 is 2.21 bits per heavy atom. The lowest BCUT2D eigenvalue weighted by Crippen LogP contribution is -2.26. The highest BCUT2D eigenvalue weighted by atomic mass is 35.5. The molecule has 0 unspecified atom stereocenters. The van der Waals surface area contributed by atoms with Gasteiger partial charge in [-0.25, -0.2) is 14.4 Å². The molecule has 0 atom stereocenters. The van der Waals surface area contributed by atoms with Crippen molar-refractivity contribution in [1.29, 1.82) is 0 Å². The summed E-state index contributed by atoms with van der Waals surface area (Å²) < 4.78 is 13.2. The Labute approximate surface area is 115 Å². The SMILES string of the molecule is Fc1cccc(Nc2nc(Cl)nc3c2CCNC3)c1. The Hall–Kier alpha value is -1.72. The quantitative estimate of drug-likeness (QED) is 0.829. The fourth-order valence-electron chi connectivity index (χ4n) is 2.14. The number of fused-ring (bicyclic) bond motifs is 1. The fraction of sp³-hybridized carbons (Fsp3) is 0.231. The van der Waals surface area contributed by atoms with E-state index >= 15 is 0 Å². The highest BCUT2D eigenvalue weighted by Gasteiger charge is 2.17. The summed E-state index contributed by atoms with van der Waals surface area (Å²) in [5.74, 6) is 0.364. The number of benzene rings is 1. The van der Waals surface area contributed by atoms with Gasteiger partial charge in [0.1, 0.15) is 11.6 Å². The van der Waals surface area contributed by atoms with E-state index in [1.54, 1.807) is 12.1 Å². The smallest absolute Gasteiger partial charge is 0.224 e. The van der Waals surface area contributed by atoms with Crippen molar-refractivity contribution in [3.63, 3.8) is 0 Å². The Morgan fingerprint density at radius 1 is 1.32 bits per heavy atom. The van der Waals surface area contributed by atoms with Crippen LogP contribution in [0.3, 0.4) is 0 Å². The summed E-state index contributed by atoms with van der Waals surface area (Å²) in [4.78, 5) is 8.42. The normalized spacial score (nSPS) is 14.0. The van der Waals surface area contributed by atoms with E-state index in [4.69, 9.17) is 11.6 Å². The van der Waals surface area contributed by atoms with Gasteiger partial charge in [-0.05, 0) is 42.8 Å². The zero-order chi connectivity index (χ0) is 13.2. The van der Waals surface area contributed by atoms with Gasteiger partial charge in [-0.15, -0.1) is 0 Å². The third-order valence-corrected chi connectivity index (χ3v) is 3.17. The molecule has 0 aliphatic carbocycles. The molecule has 6 heteroatoms. The summed E-state index contributed by atoms with van der Waals surface area (Å²) in [6.45, 7) is 1.55. The Bertz CT molecular complexity index is 618. The fourth-order valence-corrected chi connectivity index (χ4v) is 2.32. The Balaban J connectivity index is 1.98. The summed E-state index contributed by atoms with van der Waals surface area (Å²) in [5, 5.41) is 6.54. The van der Waals surface area contributed by atoms with Gasteiger partial charge < -0.3 is 10.6 Å². The number of rotatable bonds is 2. The maximum Gasteiger partial charge on any atom is 0.224 e. The van der Waals surface area contributed by atoms with Crippen molar-refractivity contribution < 1.29 is 4.39 Å². The van der Waals surface area contributed by atoms with Crippen LogP contribution in [0.5, 0.6) is 0 Å². The monoisotopic (exact) mass is 278 g/mol. The van der Waals surface area contributed by atoms with E-state index in [0.717, 1.165) is 24.2 Å². The van der Waals surface area contributed by atoms with Gasteiger partial charge in [-0.1, -0.05) is 6.07 Å². The van der Waals surface area contributed by atoms with E-state index in [1.807, 2.05) is 0 Å². The largest absolute Gasteiger partial charge is 0.340 e. The molecular formula is C13H12ClFN4. The van der Waals surface area contributed by atoms with Crippen LogP contribution in [0.4, 0.5) is 15.9 Å². The van der Waals surface area contributed by atoms with Gasteiger partial charge in [-0.2, -0.15) is 0 Å². The summed E-state index contributed by atoms with van der Waals surface area (Å²) in [6.07, 6.45) is 0.824. The number of hydrogen-bond donors (Lipinski definition) is 2. The first kappa shape index (κ1) is 12.3. The molecule has 1 aromatic carbocycles. The van der Waals surface area contributed by atoms with E-state index in [2.05, 4.69) is 20.6 Å². The van der Waals surface area contributed by atoms with E-state index in [1.165, 1.54) is 12.1 Å². The second kappa shape index (κ2) is 5.11. The molecule has 0 spiro atoms. The highest BCUT2D eigenvalue weighted by molar-refractivity contribution is 6.28. The molecule has 3 rings (SSSR count). The van der Waals surface area contributed by atoms with Crippen LogP contribution in [0.2, 0.25) is 5.28 Å². The maximum absolute atomic E-state index is 13.2. The van der Waals surface area contributed by atoms with Gasteiger partial charge >= 0.3 is 0 Å². The molecule has 4 nitrogen and oxygen atoms in total. The molecule has 2 heterocycles. The molecular weight excluding hydrogens is 267 g/mol. The molecule has 19 heavy (non-hydrogen) atoms. The highest BCUT2D eigenvalue weighted by Crippen LogP contribution is 2.25. The molecule has 0 amide bonds. The molecule has 98 valence electrons. The van der Waals surface area contributed by atoms with Gasteiger partial charge in [0.2, 0.25) is 5.28 Å². The Kier molecular flexibility index (Phi) is 3.31. The predicted molar refractivity (Wildman–Crippen MR) is 72.1 cm³/mol. The first-order valence-corrected chi connectivity index (χ1v) is 6.39. The van der Waals surface area contributed by atoms with Crippen LogP contribution in [-0.2, 0) is 13.0 Å². The number of anilines is 2. The predicted octanol–water partition coefficient (Wildman–Crippen LogP) is 2.66. The summed E-state index contributed by atoms with van der Waals surface area (Å²) >= 11 is 5.92. The van der Waals surface area contributed by atoms with E-state index in [0.29, 0.717) is 18.1 Å². The third-order valence-electron chi connectivity index (χ3n) is 3.00. The van der Waals surface area contributed by atoms with E-state index < -0.39 is 0 Å². The van der Waals surface area contributed by atoms with Gasteiger partial charge in [0.15, 0.2) is 0 Å². The minimum Gasteiger partial charge on any atom is -0.340 e. The lowest BCUT2D eigenvalue weighted by atomic mass is 10.1. The molecule has 0 saturated carbocycles. The molecule has 1 aliphatic heterocycles.